The third-order valence-electron chi connectivity index (χ3n) is 5.50. The Labute approximate surface area is 206 Å². The summed E-state index contributed by atoms with van der Waals surface area (Å²) >= 11 is 9.57. The van der Waals surface area contributed by atoms with E-state index < -0.39 is 17.9 Å². The number of fused-ring (bicyclic) bond motifs is 2. The minimum atomic E-state index is -0.748. The van der Waals surface area contributed by atoms with Crippen molar-refractivity contribution in [1.29, 1.82) is 0 Å². The van der Waals surface area contributed by atoms with Gasteiger partial charge < -0.3 is 14.9 Å². The Morgan fingerprint density at radius 3 is 2.56 bits per heavy atom. The first-order valence-electron chi connectivity index (χ1n) is 10.2. The van der Waals surface area contributed by atoms with E-state index in [0.717, 1.165) is 4.47 Å². The van der Waals surface area contributed by atoms with Crippen LogP contribution in [-0.2, 0) is 4.79 Å². The zero-order valence-electron chi connectivity index (χ0n) is 17.5. The number of ether oxygens (including phenoxy) is 1. The first kappa shape index (κ1) is 22.2. The van der Waals surface area contributed by atoms with Crippen LogP contribution in [0.25, 0.3) is 11.0 Å². The van der Waals surface area contributed by atoms with E-state index in [2.05, 4.69) is 15.9 Å². The zero-order chi connectivity index (χ0) is 24.0. The Morgan fingerprint density at radius 1 is 1.09 bits per heavy atom. The number of primary amides is 1. The molecular weight excluding hydrogens is 524 g/mol. The van der Waals surface area contributed by atoms with Gasteiger partial charge in [0, 0.05) is 15.2 Å². The predicted octanol–water partition coefficient (Wildman–Crippen LogP) is 4.82. The van der Waals surface area contributed by atoms with Crippen molar-refractivity contribution in [2.45, 2.75) is 6.04 Å². The van der Waals surface area contributed by atoms with Crippen LogP contribution in [0.5, 0.6) is 5.75 Å². The highest BCUT2D eigenvalue weighted by molar-refractivity contribution is 9.10. The van der Waals surface area contributed by atoms with E-state index in [1.165, 1.54) is 11.0 Å². The lowest BCUT2D eigenvalue weighted by molar-refractivity contribution is -0.119. The molecule has 0 bridgehead atoms. The Hall–Kier alpha value is -3.62. The Kier molecular flexibility index (Phi) is 5.63. The lowest BCUT2D eigenvalue weighted by atomic mass is 9.98. The smallest absolute Gasteiger partial charge is 0.295 e. The number of anilines is 1. The molecule has 1 aromatic heterocycles. The predicted molar refractivity (Wildman–Crippen MR) is 131 cm³/mol. The molecule has 1 aliphatic heterocycles. The minimum Gasteiger partial charge on any atom is -0.484 e. The molecule has 3 aromatic carbocycles. The van der Waals surface area contributed by atoms with Crippen molar-refractivity contribution in [2.75, 3.05) is 11.5 Å². The van der Waals surface area contributed by atoms with Gasteiger partial charge >= 0.3 is 0 Å². The monoisotopic (exact) mass is 538 g/mol. The van der Waals surface area contributed by atoms with Crippen molar-refractivity contribution in [3.05, 3.63) is 103 Å². The standard InChI is InChI=1S/C25H16BrClN2O5/c26-14-2-1-3-16(10-14)29-22(13-4-7-17(8-5-13)33-12-20(28)30)21-23(31)18-11-15(27)6-9-19(18)34-24(21)25(29)32/h1-11,22H,12H2,(H2,28,30). The molecule has 2 N–H and O–H groups in total. The lowest BCUT2D eigenvalue weighted by Gasteiger charge is -2.25. The van der Waals surface area contributed by atoms with Gasteiger partial charge in [0.1, 0.15) is 11.3 Å². The maximum Gasteiger partial charge on any atom is 0.295 e. The number of nitrogens with zero attached hydrogens (tertiary/aromatic N) is 1. The van der Waals surface area contributed by atoms with Crippen LogP contribution < -0.4 is 20.8 Å². The molecule has 1 atom stereocenters. The highest BCUT2D eigenvalue weighted by atomic mass is 79.9. The van der Waals surface area contributed by atoms with Gasteiger partial charge in [-0.1, -0.05) is 45.7 Å². The van der Waals surface area contributed by atoms with Crippen LogP contribution in [0.3, 0.4) is 0 Å². The van der Waals surface area contributed by atoms with E-state index in [0.29, 0.717) is 27.4 Å². The number of carbonyl (C=O) groups is 2. The van der Waals surface area contributed by atoms with E-state index in [1.54, 1.807) is 54.6 Å². The molecule has 0 spiro atoms. The number of carbonyl (C=O) groups excluding carboxylic acids is 2. The maximum absolute atomic E-state index is 13.6. The largest absolute Gasteiger partial charge is 0.484 e. The van der Waals surface area contributed by atoms with Crippen molar-refractivity contribution in [1.82, 2.24) is 0 Å². The second kappa shape index (κ2) is 8.62. The Balaban J connectivity index is 1.70. The molecule has 34 heavy (non-hydrogen) atoms. The molecule has 0 fully saturated rings. The van der Waals surface area contributed by atoms with Gasteiger partial charge in [-0.2, -0.15) is 0 Å². The SMILES string of the molecule is NC(=O)COc1ccc(C2c3c(oc4ccc(Cl)cc4c3=O)C(=O)N2c2cccc(Br)c2)cc1. The molecular formula is C25H16BrClN2O5. The van der Waals surface area contributed by atoms with E-state index in [1.807, 2.05) is 6.07 Å². The number of amides is 2. The van der Waals surface area contributed by atoms with Gasteiger partial charge in [0.25, 0.3) is 11.8 Å². The highest BCUT2D eigenvalue weighted by Gasteiger charge is 2.43. The van der Waals surface area contributed by atoms with Crippen molar-refractivity contribution >= 4 is 56.0 Å². The molecule has 0 aliphatic carbocycles. The molecule has 2 heterocycles. The van der Waals surface area contributed by atoms with E-state index in [9.17, 15) is 14.4 Å². The molecule has 7 nitrogen and oxygen atoms in total. The van der Waals surface area contributed by atoms with Gasteiger partial charge in [-0.15, -0.1) is 0 Å². The average molecular weight is 540 g/mol. The lowest BCUT2D eigenvalue weighted by Crippen LogP contribution is -2.29. The summed E-state index contributed by atoms with van der Waals surface area (Å²) in [6, 6.07) is 18.0. The molecule has 4 aromatic rings. The van der Waals surface area contributed by atoms with Crippen LogP contribution in [0.15, 0.2) is 80.4 Å². The highest BCUT2D eigenvalue weighted by Crippen LogP contribution is 2.42. The van der Waals surface area contributed by atoms with Crippen molar-refractivity contribution in [2.24, 2.45) is 5.73 Å². The van der Waals surface area contributed by atoms with Gasteiger partial charge in [-0.25, -0.2) is 0 Å². The molecule has 1 aliphatic rings. The first-order chi connectivity index (χ1) is 16.3. The molecule has 0 saturated carbocycles. The van der Waals surface area contributed by atoms with E-state index in [4.69, 9.17) is 26.5 Å². The number of hydrogen-bond donors (Lipinski definition) is 1. The summed E-state index contributed by atoms with van der Waals surface area (Å²) in [7, 11) is 0. The van der Waals surface area contributed by atoms with Gasteiger partial charge in [-0.3, -0.25) is 19.3 Å². The maximum atomic E-state index is 13.6. The molecule has 0 radical (unpaired) electrons. The van der Waals surface area contributed by atoms with Gasteiger partial charge in [0.05, 0.1) is 17.0 Å². The van der Waals surface area contributed by atoms with Crippen molar-refractivity contribution in [3.63, 3.8) is 0 Å². The summed E-state index contributed by atoms with van der Waals surface area (Å²) < 4.78 is 12.1. The third kappa shape index (κ3) is 3.85. The fourth-order valence-corrected chi connectivity index (χ4v) is 4.61. The Morgan fingerprint density at radius 2 is 1.85 bits per heavy atom. The van der Waals surface area contributed by atoms with Gasteiger partial charge in [0.15, 0.2) is 12.0 Å². The summed E-state index contributed by atoms with van der Waals surface area (Å²) in [5.74, 6) is -0.609. The fraction of sp³-hybridized carbons (Fsp3) is 0.0800. The molecule has 0 saturated heterocycles. The molecule has 9 heteroatoms. The van der Waals surface area contributed by atoms with Crippen LogP contribution >= 0.6 is 27.5 Å². The number of hydrogen-bond acceptors (Lipinski definition) is 5. The summed E-state index contributed by atoms with van der Waals surface area (Å²) in [5, 5.41) is 0.682. The quantitative estimate of drug-likeness (QED) is 0.392. The zero-order valence-corrected chi connectivity index (χ0v) is 19.8. The molecule has 170 valence electrons. The fourth-order valence-electron chi connectivity index (χ4n) is 4.05. The van der Waals surface area contributed by atoms with Crippen molar-refractivity contribution in [3.8, 4) is 5.75 Å². The number of nitrogens with two attached hydrogens (primary N) is 1. The second-order valence-corrected chi connectivity index (χ2v) is 9.05. The second-order valence-electron chi connectivity index (χ2n) is 7.70. The van der Waals surface area contributed by atoms with E-state index in [-0.39, 0.29) is 28.9 Å². The molecule has 1 unspecified atom stereocenters. The number of benzene rings is 3. The van der Waals surface area contributed by atoms with E-state index >= 15 is 0 Å². The number of halogens is 2. The van der Waals surface area contributed by atoms with Crippen LogP contribution in [0.2, 0.25) is 5.02 Å². The summed E-state index contributed by atoms with van der Waals surface area (Å²) in [6.45, 7) is -0.259. The summed E-state index contributed by atoms with van der Waals surface area (Å²) in [4.78, 5) is 39.7. The molecule has 2 amide bonds. The topological polar surface area (TPSA) is 103 Å². The van der Waals surface area contributed by atoms with Gasteiger partial charge in [0.2, 0.25) is 5.76 Å². The summed E-state index contributed by atoms with van der Waals surface area (Å²) in [6.07, 6.45) is 0. The minimum absolute atomic E-state index is 0.0150. The molecule has 5 rings (SSSR count). The van der Waals surface area contributed by atoms with Crippen LogP contribution in [0, 0.1) is 0 Å². The first-order valence-corrected chi connectivity index (χ1v) is 11.4. The van der Waals surface area contributed by atoms with Crippen molar-refractivity contribution < 1.29 is 18.7 Å². The van der Waals surface area contributed by atoms with Crippen LogP contribution in [0.4, 0.5) is 5.69 Å². The third-order valence-corrected chi connectivity index (χ3v) is 6.22. The van der Waals surface area contributed by atoms with Gasteiger partial charge in [-0.05, 0) is 54.1 Å². The summed E-state index contributed by atoms with van der Waals surface area (Å²) in [5.41, 5.74) is 6.57. The average Bonchev–Trinajstić information content (AvgIpc) is 3.11. The Bertz CT molecular complexity index is 1520. The number of rotatable bonds is 5. The van der Waals surface area contributed by atoms with Crippen LogP contribution in [0.1, 0.15) is 27.7 Å². The van der Waals surface area contributed by atoms with Crippen LogP contribution in [-0.4, -0.2) is 18.4 Å². The normalized spacial score (nSPS) is 14.9.